The lowest BCUT2D eigenvalue weighted by Gasteiger charge is -2.22. The number of nitrogens with zero attached hydrogens (tertiary/aromatic N) is 1. The molecule has 1 aromatic carbocycles. The van der Waals surface area contributed by atoms with Gasteiger partial charge in [-0.2, -0.15) is 0 Å². The highest BCUT2D eigenvalue weighted by Crippen LogP contribution is 2.25. The molecular formula is C18H24N4O3S. The van der Waals surface area contributed by atoms with Crippen molar-refractivity contribution in [2.45, 2.75) is 55.5 Å². The molecule has 0 spiro atoms. The Morgan fingerprint density at radius 2 is 2.08 bits per heavy atom. The van der Waals surface area contributed by atoms with E-state index in [-0.39, 0.29) is 11.9 Å². The van der Waals surface area contributed by atoms with Crippen molar-refractivity contribution >= 4 is 34.7 Å². The molecule has 0 saturated heterocycles. The number of methoxy groups -OCH3 is 1. The Balaban J connectivity index is 1.54. The van der Waals surface area contributed by atoms with Crippen molar-refractivity contribution in [1.82, 2.24) is 20.6 Å². The third kappa shape index (κ3) is 4.69. The van der Waals surface area contributed by atoms with Crippen molar-refractivity contribution in [3.05, 3.63) is 18.2 Å². The van der Waals surface area contributed by atoms with Crippen molar-refractivity contribution in [1.29, 1.82) is 0 Å². The normalized spacial score (nSPS) is 16.2. The number of rotatable bonds is 5. The largest absolute Gasteiger partial charge is 0.497 e. The summed E-state index contributed by atoms with van der Waals surface area (Å²) >= 11 is 1.28. The maximum Gasteiger partial charge on any atom is 0.321 e. The smallest absolute Gasteiger partial charge is 0.321 e. The molecule has 2 aromatic rings. The molecule has 140 valence electrons. The summed E-state index contributed by atoms with van der Waals surface area (Å²) in [5.41, 5.74) is 1.64. The van der Waals surface area contributed by atoms with Gasteiger partial charge in [0.05, 0.1) is 23.4 Å². The summed E-state index contributed by atoms with van der Waals surface area (Å²) in [4.78, 5) is 31.9. The van der Waals surface area contributed by atoms with E-state index in [1.807, 2.05) is 18.2 Å². The van der Waals surface area contributed by atoms with Crippen molar-refractivity contribution in [3.8, 4) is 5.75 Å². The van der Waals surface area contributed by atoms with Gasteiger partial charge < -0.3 is 15.0 Å². The summed E-state index contributed by atoms with van der Waals surface area (Å²) < 4.78 is 5.19. The van der Waals surface area contributed by atoms with Crippen LogP contribution in [0.2, 0.25) is 0 Å². The average Bonchev–Trinajstić information content (AvgIpc) is 3.03. The van der Waals surface area contributed by atoms with Crippen LogP contribution < -0.4 is 15.4 Å². The van der Waals surface area contributed by atoms with Gasteiger partial charge in [-0.15, -0.1) is 0 Å². The molecule has 0 radical (unpaired) electrons. The predicted octanol–water partition coefficient (Wildman–Crippen LogP) is 3.21. The lowest BCUT2D eigenvalue weighted by molar-refractivity contribution is -0.119. The number of H-pyrrole nitrogens is 1. The van der Waals surface area contributed by atoms with Crippen LogP contribution in [0.25, 0.3) is 11.0 Å². The predicted molar refractivity (Wildman–Crippen MR) is 102 cm³/mol. The van der Waals surface area contributed by atoms with E-state index in [1.54, 1.807) is 14.0 Å². The highest BCUT2D eigenvalue weighted by Gasteiger charge is 2.21. The Kier molecular flexibility index (Phi) is 6.03. The number of nitrogens with one attached hydrogen (secondary N) is 3. The molecule has 7 nitrogen and oxygen atoms in total. The molecule has 1 saturated carbocycles. The van der Waals surface area contributed by atoms with Gasteiger partial charge in [0.2, 0.25) is 5.91 Å². The minimum atomic E-state index is -0.449. The van der Waals surface area contributed by atoms with Crippen molar-refractivity contribution < 1.29 is 14.3 Å². The summed E-state index contributed by atoms with van der Waals surface area (Å²) in [6, 6.07) is 5.31. The Hall–Kier alpha value is -2.22. The Bertz CT molecular complexity index is 786. The van der Waals surface area contributed by atoms with Crippen LogP contribution in [-0.4, -0.2) is 40.3 Å². The number of imide groups is 1. The lowest BCUT2D eigenvalue weighted by atomic mass is 9.96. The molecular weight excluding hydrogens is 352 g/mol. The van der Waals surface area contributed by atoms with Gasteiger partial charge in [-0.25, -0.2) is 9.78 Å². The van der Waals surface area contributed by atoms with E-state index < -0.39 is 11.3 Å². The third-order valence-corrected chi connectivity index (χ3v) is 5.49. The zero-order valence-electron chi connectivity index (χ0n) is 15.0. The van der Waals surface area contributed by atoms with E-state index in [9.17, 15) is 9.59 Å². The molecule has 0 bridgehead atoms. The summed E-state index contributed by atoms with van der Waals surface area (Å²) in [5.74, 6) is 0.407. The standard InChI is InChI=1S/C18H24N4O3S/c1-11(16(23)22-17(24)19-12-6-4-3-5-7-12)26-18-20-14-9-8-13(25-2)10-15(14)21-18/h8-12H,3-7H2,1-2H3,(H,20,21)(H2,19,22,23,24). The van der Waals surface area contributed by atoms with Crippen LogP contribution in [0.5, 0.6) is 5.75 Å². The molecule has 3 rings (SSSR count). The monoisotopic (exact) mass is 376 g/mol. The molecule has 3 N–H and O–H groups in total. The Labute approximate surface area is 156 Å². The van der Waals surface area contributed by atoms with Crippen molar-refractivity contribution in [2.75, 3.05) is 7.11 Å². The Morgan fingerprint density at radius 3 is 2.81 bits per heavy atom. The summed E-state index contributed by atoms with van der Waals surface area (Å²) in [6.07, 6.45) is 5.43. The lowest BCUT2D eigenvalue weighted by Crippen LogP contribution is -2.47. The summed E-state index contributed by atoms with van der Waals surface area (Å²) in [5, 5.41) is 5.49. The van der Waals surface area contributed by atoms with E-state index in [2.05, 4.69) is 20.6 Å². The number of benzene rings is 1. The fourth-order valence-electron chi connectivity index (χ4n) is 3.05. The number of carbonyl (C=O) groups excluding carboxylic acids is 2. The molecule has 1 aliphatic carbocycles. The molecule has 26 heavy (non-hydrogen) atoms. The van der Waals surface area contributed by atoms with Crippen molar-refractivity contribution in [2.24, 2.45) is 0 Å². The number of ether oxygens (including phenoxy) is 1. The van der Waals surface area contributed by atoms with E-state index in [4.69, 9.17) is 4.74 Å². The van der Waals surface area contributed by atoms with Crippen LogP contribution in [0, 0.1) is 0 Å². The maximum absolute atomic E-state index is 12.3. The Morgan fingerprint density at radius 1 is 1.31 bits per heavy atom. The first kappa shape index (κ1) is 18.6. The van der Waals surface area contributed by atoms with Crippen LogP contribution in [0.1, 0.15) is 39.0 Å². The van der Waals surface area contributed by atoms with Gasteiger partial charge >= 0.3 is 6.03 Å². The van der Waals surface area contributed by atoms with Crippen LogP contribution >= 0.6 is 11.8 Å². The number of urea groups is 1. The van der Waals surface area contributed by atoms with Crippen LogP contribution in [0.15, 0.2) is 23.4 Å². The second kappa shape index (κ2) is 8.44. The fraction of sp³-hybridized carbons (Fsp3) is 0.500. The first-order valence-corrected chi connectivity index (χ1v) is 9.75. The number of amides is 3. The van der Waals surface area contributed by atoms with Gasteiger partial charge in [0, 0.05) is 12.1 Å². The van der Waals surface area contributed by atoms with Gasteiger partial charge in [-0.05, 0) is 31.9 Å². The number of imidazole rings is 1. The molecule has 0 aliphatic heterocycles. The number of thioether (sulfide) groups is 1. The number of aromatic amines is 1. The van der Waals surface area contributed by atoms with Gasteiger partial charge in [-0.1, -0.05) is 31.0 Å². The van der Waals surface area contributed by atoms with Gasteiger partial charge in [0.25, 0.3) is 0 Å². The second-order valence-electron chi connectivity index (χ2n) is 6.48. The SMILES string of the molecule is COc1ccc2nc(SC(C)C(=O)NC(=O)NC3CCCCC3)[nH]c2c1. The first-order chi connectivity index (χ1) is 12.5. The number of hydrogen-bond donors (Lipinski definition) is 3. The van der Waals surface area contributed by atoms with Crippen LogP contribution in [0.3, 0.4) is 0 Å². The van der Waals surface area contributed by atoms with Gasteiger partial charge in [0.1, 0.15) is 5.75 Å². The molecule has 1 aromatic heterocycles. The molecule has 1 unspecified atom stereocenters. The second-order valence-corrected chi connectivity index (χ2v) is 7.81. The van der Waals surface area contributed by atoms with E-state index >= 15 is 0 Å². The third-order valence-electron chi connectivity index (χ3n) is 4.50. The molecule has 1 aliphatic rings. The number of aromatic nitrogens is 2. The van der Waals surface area contributed by atoms with E-state index in [0.29, 0.717) is 5.16 Å². The molecule has 3 amide bonds. The van der Waals surface area contributed by atoms with E-state index in [1.165, 1.54) is 18.2 Å². The van der Waals surface area contributed by atoms with E-state index in [0.717, 1.165) is 42.5 Å². The van der Waals surface area contributed by atoms with Crippen molar-refractivity contribution in [3.63, 3.8) is 0 Å². The zero-order valence-corrected chi connectivity index (χ0v) is 15.8. The van der Waals surface area contributed by atoms with Crippen LogP contribution in [-0.2, 0) is 4.79 Å². The zero-order chi connectivity index (χ0) is 18.5. The maximum atomic E-state index is 12.3. The molecule has 1 fully saturated rings. The topological polar surface area (TPSA) is 96.1 Å². The average molecular weight is 376 g/mol. The van der Waals surface area contributed by atoms with Gasteiger partial charge in [-0.3, -0.25) is 10.1 Å². The number of hydrogen-bond acceptors (Lipinski definition) is 5. The summed E-state index contributed by atoms with van der Waals surface area (Å²) in [6.45, 7) is 1.75. The fourth-order valence-corrected chi connectivity index (χ4v) is 3.87. The molecule has 1 atom stereocenters. The minimum Gasteiger partial charge on any atom is -0.497 e. The highest BCUT2D eigenvalue weighted by molar-refractivity contribution is 8.00. The van der Waals surface area contributed by atoms with Gasteiger partial charge in [0.15, 0.2) is 5.16 Å². The quantitative estimate of drug-likeness (QED) is 0.697. The first-order valence-electron chi connectivity index (χ1n) is 8.87. The van der Waals surface area contributed by atoms with Crippen LogP contribution in [0.4, 0.5) is 4.79 Å². The number of carbonyl (C=O) groups is 2. The highest BCUT2D eigenvalue weighted by atomic mass is 32.2. The minimum absolute atomic E-state index is 0.171. The summed E-state index contributed by atoms with van der Waals surface area (Å²) in [7, 11) is 1.61. The number of fused-ring (bicyclic) bond motifs is 1. The molecule has 8 heteroatoms. The molecule has 1 heterocycles.